The van der Waals surface area contributed by atoms with E-state index < -0.39 is 0 Å². The van der Waals surface area contributed by atoms with Gasteiger partial charge < -0.3 is 15.4 Å². The van der Waals surface area contributed by atoms with Crippen LogP contribution in [0.1, 0.15) is 26.7 Å². The summed E-state index contributed by atoms with van der Waals surface area (Å²) < 4.78 is 5.09. The number of ether oxygens (including phenoxy) is 1. The van der Waals surface area contributed by atoms with Crippen LogP contribution in [0.3, 0.4) is 0 Å². The number of anilines is 1. The van der Waals surface area contributed by atoms with Crippen molar-refractivity contribution in [1.82, 2.24) is 5.32 Å². The molecular formula is C13H20N2OS. The van der Waals surface area contributed by atoms with Crippen molar-refractivity contribution in [3.63, 3.8) is 0 Å². The number of methoxy groups -OCH3 is 1. The Balaban J connectivity index is 2.44. The van der Waals surface area contributed by atoms with Crippen LogP contribution in [-0.4, -0.2) is 18.3 Å². The van der Waals surface area contributed by atoms with Gasteiger partial charge in [-0.15, -0.1) is 0 Å². The van der Waals surface area contributed by atoms with Crippen molar-refractivity contribution >= 4 is 23.0 Å². The Bertz CT molecular complexity index is 351. The third-order valence-corrected chi connectivity index (χ3v) is 2.67. The quantitative estimate of drug-likeness (QED) is 0.789. The predicted molar refractivity (Wildman–Crippen MR) is 76.7 cm³/mol. The third kappa shape index (κ3) is 5.04. The van der Waals surface area contributed by atoms with Gasteiger partial charge in [-0.3, -0.25) is 0 Å². The molecule has 1 aromatic carbocycles. The summed E-state index contributed by atoms with van der Waals surface area (Å²) in [6, 6.07) is 8.09. The Morgan fingerprint density at radius 3 is 2.53 bits per heavy atom. The first-order chi connectivity index (χ1) is 8.15. The Labute approximate surface area is 109 Å². The predicted octanol–water partition coefficient (Wildman–Crippen LogP) is 3.17. The molecule has 0 unspecified atom stereocenters. The van der Waals surface area contributed by atoms with Gasteiger partial charge in [-0.25, -0.2) is 0 Å². The second kappa shape index (κ2) is 7.12. The molecule has 1 rings (SSSR count). The second-order valence-electron chi connectivity index (χ2n) is 4.02. The van der Waals surface area contributed by atoms with E-state index in [1.807, 2.05) is 24.3 Å². The van der Waals surface area contributed by atoms with Crippen molar-refractivity contribution in [1.29, 1.82) is 0 Å². The summed E-state index contributed by atoms with van der Waals surface area (Å²) in [6.07, 6.45) is 2.27. The van der Waals surface area contributed by atoms with Gasteiger partial charge in [-0.2, -0.15) is 0 Å². The molecule has 1 aromatic rings. The summed E-state index contributed by atoms with van der Waals surface area (Å²) in [4.78, 5) is 0. The number of thiocarbonyl (C=S) groups is 1. The van der Waals surface area contributed by atoms with Gasteiger partial charge in [0, 0.05) is 11.7 Å². The van der Waals surface area contributed by atoms with Crippen molar-refractivity contribution < 1.29 is 4.74 Å². The number of benzene rings is 1. The van der Waals surface area contributed by atoms with Crippen LogP contribution in [0.2, 0.25) is 0 Å². The van der Waals surface area contributed by atoms with Crippen molar-refractivity contribution in [2.24, 2.45) is 0 Å². The molecule has 0 aliphatic rings. The van der Waals surface area contributed by atoms with Crippen LogP contribution >= 0.6 is 12.2 Å². The van der Waals surface area contributed by atoms with Gasteiger partial charge >= 0.3 is 0 Å². The molecule has 0 saturated heterocycles. The largest absolute Gasteiger partial charge is 0.497 e. The third-order valence-electron chi connectivity index (χ3n) is 2.45. The standard InChI is InChI=1S/C13H20N2OS/c1-4-5-10(2)14-13(17)15-11-6-8-12(16-3)9-7-11/h6-10H,4-5H2,1-3H3,(H2,14,15,17)/t10-/m0/s1. The van der Waals surface area contributed by atoms with Crippen LogP contribution in [-0.2, 0) is 0 Å². The molecule has 0 aliphatic carbocycles. The lowest BCUT2D eigenvalue weighted by molar-refractivity contribution is 0.415. The van der Waals surface area contributed by atoms with E-state index in [0.29, 0.717) is 11.2 Å². The lowest BCUT2D eigenvalue weighted by Gasteiger charge is -2.16. The molecule has 4 heteroatoms. The van der Waals surface area contributed by atoms with Crippen LogP contribution in [0.5, 0.6) is 5.75 Å². The van der Waals surface area contributed by atoms with Gasteiger partial charge in [0.1, 0.15) is 5.75 Å². The zero-order valence-corrected chi connectivity index (χ0v) is 11.4. The highest BCUT2D eigenvalue weighted by Crippen LogP contribution is 2.14. The normalized spacial score (nSPS) is 11.7. The zero-order chi connectivity index (χ0) is 12.7. The Kier molecular flexibility index (Phi) is 5.77. The molecule has 94 valence electrons. The molecule has 0 spiro atoms. The Morgan fingerprint density at radius 1 is 1.35 bits per heavy atom. The molecule has 17 heavy (non-hydrogen) atoms. The molecule has 0 amide bonds. The van der Waals surface area contributed by atoms with Crippen molar-refractivity contribution in [2.45, 2.75) is 32.7 Å². The minimum Gasteiger partial charge on any atom is -0.497 e. The molecule has 1 atom stereocenters. The van der Waals surface area contributed by atoms with Gasteiger partial charge in [-0.05, 0) is 49.8 Å². The zero-order valence-electron chi connectivity index (χ0n) is 10.6. The lowest BCUT2D eigenvalue weighted by atomic mass is 10.2. The summed E-state index contributed by atoms with van der Waals surface area (Å²) in [6.45, 7) is 4.30. The molecule has 0 heterocycles. The lowest BCUT2D eigenvalue weighted by Crippen LogP contribution is -2.35. The van der Waals surface area contributed by atoms with Gasteiger partial charge in [0.15, 0.2) is 5.11 Å². The second-order valence-corrected chi connectivity index (χ2v) is 4.42. The first-order valence-electron chi connectivity index (χ1n) is 5.87. The van der Waals surface area contributed by atoms with E-state index in [0.717, 1.165) is 24.3 Å². The highest BCUT2D eigenvalue weighted by atomic mass is 32.1. The summed E-state index contributed by atoms with van der Waals surface area (Å²) in [5.74, 6) is 0.841. The van der Waals surface area contributed by atoms with Crippen molar-refractivity contribution in [2.75, 3.05) is 12.4 Å². The number of hydrogen-bond acceptors (Lipinski definition) is 2. The molecule has 0 aliphatic heterocycles. The van der Waals surface area contributed by atoms with E-state index in [1.54, 1.807) is 7.11 Å². The number of rotatable bonds is 5. The first kappa shape index (κ1) is 13.8. The van der Waals surface area contributed by atoms with E-state index in [9.17, 15) is 0 Å². The molecule has 3 nitrogen and oxygen atoms in total. The fraction of sp³-hybridized carbons (Fsp3) is 0.462. The minimum atomic E-state index is 0.401. The van der Waals surface area contributed by atoms with Crippen molar-refractivity contribution in [3.8, 4) is 5.75 Å². The van der Waals surface area contributed by atoms with E-state index >= 15 is 0 Å². The molecule has 0 aromatic heterocycles. The minimum absolute atomic E-state index is 0.401. The van der Waals surface area contributed by atoms with Crippen LogP contribution < -0.4 is 15.4 Å². The van der Waals surface area contributed by atoms with Crippen LogP contribution in [0.25, 0.3) is 0 Å². The highest BCUT2D eigenvalue weighted by molar-refractivity contribution is 7.80. The van der Waals surface area contributed by atoms with Crippen LogP contribution in [0, 0.1) is 0 Å². The molecule has 0 radical (unpaired) electrons. The smallest absolute Gasteiger partial charge is 0.170 e. The average molecular weight is 252 g/mol. The molecule has 0 fully saturated rings. The number of nitrogens with one attached hydrogen (secondary N) is 2. The Hall–Kier alpha value is -1.29. The van der Waals surface area contributed by atoms with Crippen LogP contribution in [0.15, 0.2) is 24.3 Å². The maximum atomic E-state index is 5.23. The topological polar surface area (TPSA) is 33.3 Å². The van der Waals surface area contributed by atoms with Gasteiger partial charge in [0.25, 0.3) is 0 Å². The van der Waals surface area contributed by atoms with Crippen molar-refractivity contribution in [3.05, 3.63) is 24.3 Å². The summed E-state index contributed by atoms with van der Waals surface area (Å²) in [5, 5.41) is 7.06. The monoisotopic (exact) mass is 252 g/mol. The van der Waals surface area contributed by atoms with Gasteiger partial charge in [0.2, 0.25) is 0 Å². The molecule has 0 bridgehead atoms. The van der Waals surface area contributed by atoms with Gasteiger partial charge in [-0.1, -0.05) is 13.3 Å². The van der Waals surface area contributed by atoms with E-state index in [2.05, 4.69) is 24.5 Å². The SMILES string of the molecule is CCC[C@H](C)NC(=S)Nc1ccc(OC)cc1. The number of hydrogen-bond donors (Lipinski definition) is 2. The van der Waals surface area contributed by atoms with E-state index in [-0.39, 0.29) is 0 Å². The summed E-state index contributed by atoms with van der Waals surface area (Å²) >= 11 is 5.23. The highest BCUT2D eigenvalue weighted by Gasteiger charge is 2.03. The van der Waals surface area contributed by atoms with E-state index in [1.165, 1.54) is 0 Å². The molecule has 0 saturated carbocycles. The maximum Gasteiger partial charge on any atom is 0.170 e. The fourth-order valence-electron chi connectivity index (χ4n) is 1.57. The molecular weight excluding hydrogens is 232 g/mol. The van der Waals surface area contributed by atoms with Crippen LogP contribution in [0.4, 0.5) is 5.69 Å². The summed E-state index contributed by atoms with van der Waals surface area (Å²) in [7, 11) is 1.65. The van der Waals surface area contributed by atoms with Gasteiger partial charge in [0.05, 0.1) is 7.11 Å². The average Bonchev–Trinajstić information content (AvgIpc) is 2.30. The molecule has 2 N–H and O–H groups in total. The van der Waals surface area contributed by atoms with E-state index in [4.69, 9.17) is 17.0 Å². The maximum absolute atomic E-state index is 5.23. The fourth-order valence-corrected chi connectivity index (χ4v) is 1.89. The summed E-state index contributed by atoms with van der Waals surface area (Å²) in [5.41, 5.74) is 0.965. The Morgan fingerprint density at radius 2 is 2.00 bits per heavy atom. The first-order valence-corrected chi connectivity index (χ1v) is 6.28.